The van der Waals surface area contributed by atoms with E-state index in [1.54, 1.807) is 0 Å². The minimum atomic E-state index is 0.510. The smallest absolute Gasteiger partial charge is 0.00414 e. The summed E-state index contributed by atoms with van der Waals surface area (Å²) in [5, 5.41) is 0. The summed E-state index contributed by atoms with van der Waals surface area (Å²) >= 11 is 0. The highest BCUT2D eigenvalue weighted by Gasteiger charge is 2.18. The largest absolute Gasteiger partial charge is 0.328 e. The maximum absolute atomic E-state index is 6.00. The van der Waals surface area contributed by atoms with Crippen molar-refractivity contribution in [1.29, 1.82) is 0 Å². The molecule has 2 N–H and O–H groups in total. The predicted molar refractivity (Wildman–Crippen MR) is 72.2 cm³/mol. The number of hydrogen-bond acceptors (Lipinski definition) is 1. The zero-order valence-corrected chi connectivity index (χ0v) is 10.9. The van der Waals surface area contributed by atoms with Crippen LogP contribution < -0.4 is 5.73 Å². The number of unbranched alkanes of at least 4 members (excludes halogenated alkanes) is 6. The SMILES string of the molecule is [CH2]CCCCCCCCC1CCCC(N)C1. The molecule has 2 unspecified atom stereocenters. The Balaban J connectivity index is 1.86. The predicted octanol–water partition coefficient (Wildman–Crippen LogP) is 4.46. The molecule has 1 nitrogen and oxygen atoms in total. The molecule has 1 radical (unpaired) electrons. The summed E-state index contributed by atoms with van der Waals surface area (Å²) in [6, 6.07) is 0.510. The molecular formula is C15H30N. The van der Waals surface area contributed by atoms with Crippen LogP contribution >= 0.6 is 0 Å². The summed E-state index contributed by atoms with van der Waals surface area (Å²) in [5.41, 5.74) is 6.00. The molecular weight excluding hydrogens is 194 g/mol. The molecule has 1 aliphatic rings. The van der Waals surface area contributed by atoms with Crippen LogP contribution in [-0.4, -0.2) is 6.04 Å². The van der Waals surface area contributed by atoms with E-state index in [1.807, 2.05) is 0 Å². The Labute approximate surface area is 102 Å². The van der Waals surface area contributed by atoms with Gasteiger partial charge in [-0.3, -0.25) is 0 Å². The van der Waals surface area contributed by atoms with E-state index in [4.69, 9.17) is 5.73 Å². The third-order valence-electron chi connectivity index (χ3n) is 3.94. The summed E-state index contributed by atoms with van der Waals surface area (Å²) in [7, 11) is 0. The summed E-state index contributed by atoms with van der Waals surface area (Å²) in [4.78, 5) is 0. The van der Waals surface area contributed by atoms with Gasteiger partial charge in [0.2, 0.25) is 0 Å². The van der Waals surface area contributed by atoms with Crippen molar-refractivity contribution in [3.05, 3.63) is 6.92 Å². The van der Waals surface area contributed by atoms with E-state index in [0.717, 1.165) is 12.3 Å². The molecule has 0 aromatic carbocycles. The van der Waals surface area contributed by atoms with Gasteiger partial charge in [-0.15, -0.1) is 0 Å². The van der Waals surface area contributed by atoms with Crippen molar-refractivity contribution in [2.45, 2.75) is 83.1 Å². The Morgan fingerprint density at radius 2 is 1.62 bits per heavy atom. The number of rotatable bonds is 8. The normalized spacial score (nSPS) is 25.9. The zero-order chi connectivity index (χ0) is 11.6. The second-order valence-electron chi connectivity index (χ2n) is 5.56. The monoisotopic (exact) mass is 224 g/mol. The van der Waals surface area contributed by atoms with E-state index >= 15 is 0 Å². The first-order valence-electron chi connectivity index (χ1n) is 7.37. The fourth-order valence-electron chi connectivity index (χ4n) is 2.91. The van der Waals surface area contributed by atoms with Crippen molar-refractivity contribution in [3.8, 4) is 0 Å². The fraction of sp³-hybridized carbons (Fsp3) is 0.933. The van der Waals surface area contributed by atoms with Gasteiger partial charge in [-0.1, -0.05) is 71.1 Å². The van der Waals surface area contributed by atoms with Crippen molar-refractivity contribution in [2.75, 3.05) is 0 Å². The Morgan fingerprint density at radius 1 is 0.938 bits per heavy atom. The minimum Gasteiger partial charge on any atom is -0.328 e. The van der Waals surface area contributed by atoms with Crippen molar-refractivity contribution < 1.29 is 0 Å². The van der Waals surface area contributed by atoms with Crippen LogP contribution in [0.4, 0.5) is 0 Å². The standard InChI is InChI=1S/C15H30N/c1-2-3-4-5-6-7-8-10-14-11-9-12-15(16)13-14/h14-15H,1-13,16H2. The van der Waals surface area contributed by atoms with Gasteiger partial charge in [-0.05, 0) is 18.8 Å². The summed E-state index contributed by atoms with van der Waals surface area (Å²) in [6.45, 7) is 3.88. The Kier molecular flexibility index (Phi) is 7.92. The fourth-order valence-corrected chi connectivity index (χ4v) is 2.91. The molecule has 1 aliphatic carbocycles. The molecule has 16 heavy (non-hydrogen) atoms. The lowest BCUT2D eigenvalue weighted by molar-refractivity contribution is 0.298. The maximum atomic E-state index is 6.00. The topological polar surface area (TPSA) is 26.0 Å². The first-order valence-corrected chi connectivity index (χ1v) is 7.37. The van der Waals surface area contributed by atoms with Crippen LogP contribution in [0.25, 0.3) is 0 Å². The van der Waals surface area contributed by atoms with Gasteiger partial charge in [0.25, 0.3) is 0 Å². The van der Waals surface area contributed by atoms with E-state index < -0.39 is 0 Å². The molecule has 1 fully saturated rings. The van der Waals surface area contributed by atoms with Crippen LogP contribution in [-0.2, 0) is 0 Å². The van der Waals surface area contributed by atoms with Crippen LogP contribution in [0.15, 0.2) is 0 Å². The molecule has 0 aromatic heterocycles. The van der Waals surface area contributed by atoms with Crippen LogP contribution in [0.1, 0.15) is 77.0 Å². The molecule has 0 amide bonds. The highest BCUT2D eigenvalue weighted by molar-refractivity contribution is 4.74. The van der Waals surface area contributed by atoms with Gasteiger partial charge in [0.05, 0.1) is 0 Å². The molecule has 0 saturated heterocycles. The average molecular weight is 224 g/mol. The Bertz CT molecular complexity index is 156. The van der Waals surface area contributed by atoms with Gasteiger partial charge in [0, 0.05) is 6.04 Å². The Hall–Kier alpha value is -0.0400. The van der Waals surface area contributed by atoms with Gasteiger partial charge < -0.3 is 5.73 Å². The molecule has 1 heteroatoms. The molecule has 0 bridgehead atoms. The molecule has 1 rings (SSSR count). The molecule has 0 aliphatic heterocycles. The second-order valence-corrected chi connectivity index (χ2v) is 5.56. The first kappa shape index (κ1) is 14.0. The van der Waals surface area contributed by atoms with Gasteiger partial charge in [-0.25, -0.2) is 0 Å². The number of nitrogens with two attached hydrogens (primary N) is 1. The molecule has 0 aromatic rings. The highest BCUT2D eigenvalue weighted by Crippen LogP contribution is 2.27. The van der Waals surface area contributed by atoms with E-state index in [9.17, 15) is 0 Å². The average Bonchev–Trinajstić information content (AvgIpc) is 2.28. The lowest BCUT2D eigenvalue weighted by Crippen LogP contribution is -2.27. The third kappa shape index (κ3) is 6.52. The van der Waals surface area contributed by atoms with Crippen LogP contribution in [0.3, 0.4) is 0 Å². The van der Waals surface area contributed by atoms with Crippen molar-refractivity contribution in [2.24, 2.45) is 11.7 Å². The third-order valence-corrected chi connectivity index (χ3v) is 3.94. The van der Waals surface area contributed by atoms with Crippen molar-refractivity contribution in [3.63, 3.8) is 0 Å². The second kappa shape index (κ2) is 9.04. The van der Waals surface area contributed by atoms with Crippen LogP contribution in [0.5, 0.6) is 0 Å². The molecule has 2 atom stereocenters. The zero-order valence-electron chi connectivity index (χ0n) is 10.9. The highest BCUT2D eigenvalue weighted by atomic mass is 14.6. The molecule has 95 valence electrons. The van der Waals surface area contributed by atoms with Crippen LogP contribution in [0, 0.1) is 12.8 Å². The first-order chi connectivity index (χ1) is 7.83. The van der Waals surface area contributed by atoms with E-state index in [-0.39, 0.29) is 0 Å². The van der Waals surface area contributed by atoms with Gasteiger partial charge in [-0.2, -0.15) is 0 Å². The van der Waals surface area contributed by atoms with E-state index in [0.29, 0.717) is 6.04 Å². The Morgan fingerprint density at radius 3 is 2.31 bits per heavy atom. The van der Waals surface area contributed by atoms with Gasteiger partial charge >= 0.3 is 0 Å². The van der Waals surface area contributed by atoms with Crippen molar-refractivity contribution >= 4 is 0 Å². The maximum Gasteiger partial charge on any atom is 0.00414 e. The van der Waals surface area contributed by atoms with Gasteiger partial charge in [0.15, 0.2) is 0 Å². The van der Waals surface area contributed by atoms with Crippen molar-refractivity contribution in [1.82, 2.24) is 0 Å². The lowest BCUT2D eigenvalue weighted by Gasteiger charge is -2.26. The van der Waals surface area contributed by atoms with E-state index in [2.05, 4.69) is 6.92 Å². The number of hydrogen-bond donors (Lipinski definition) is 1. The minimum absolute atomic E-state index is 0.510. The molecule has 0 spiro atoms. The van der Waals surface area contributed by atoms with E-state index in [1.165, 1.54) is 70.6 Å². The molecule has 0 heterocycles. The molecule has 1 saturated carbocycles. The lowest BCUT2D eigenvalue weighted by atomic mass is 9.83. The van der Waals surface area contributed by atoms with Gasteiger partial charge in [0.1, 0.15) is 0 Å². The quantitative estimate of drug-likeness (QED) is 0.605. The summed E-state index contributed by atoms with van der Waals surface area (Å²) in [6.07, 6.45) is 16.3. The van der Waals surface area contributed by atoms with Crippen LogP contribution in [0.2, 0.25) is 0 Å². The summed E-state index contributed by atoms with van der Waals surface area (Å²) in [5.74, 6) is 0.948. The summed E-state index contributed by atoms with van der Waals surface area (Å²) < 4.78 is 0.